The molecule has 1 aromatic rings. The minimum absolute atomic E-state index is 0.0448. The highest BCUT2D eigenvalue weighted by molar-refractivity contribution is 5.96. The maximum atomic E-state index is 12.5. The van der Waals surface area contributed by atoms with Gasteiger partial charge < -0.3 is 5.32 Å². The minimum Gasteiger partial charge on any atom is -0.349 e. The fourth-order valence-electron chi connectivity index (χ4n) is 4.39. The predicted octanol–water partition coefficient (Wildman–Crippen LogP) is 2.59. The van der Waals surface area contributed by atoms with E-state index in [4.69, 9.17) is 0 Å². The van der Waals surface area contributed by atoms with Gasteiger partial charge in [0.2, 0.25) is 0 Å². The fraction of sp³-hybridized carbons (Fsp3) is 0.750. The van der Waals surface area contributed by atoms with E-state index in [1.807, 2.05) is 20.9 Å². The van der Waals surface area contributed by atoms with Crippen LogP contribution in [-0.2, 0) is 7.05 Å². The van der Waals surface area contributed by atoms with Crippen molar-refractivity contribution in [1.29, 1.82) is 0 Å². The van der Waals surface area contributed by atoms with Crippen molar-refractivity contribution >= 4 is 5.91 Å². The molecule has 4 atom stereocenters. The Bertz CT molecular complexity index is 534. The highest BCUT2D eigenvalue weighted by Gasteiger charge is 2.42. The minimum atomic E-state index is 0.0448. The van der Waals surface area contributed by atoms with E-state index in [-0.39, 0.29) is 11.9 Å². The molecule has 1 amide bonds. The first-order valence-electron chi connectivity index (χ1n) is 7.78. The van der Waals surface area contributed by atoms with E-state index in [9.17, 15) is 4.79 Å². The van der Waals surface area contributed by atoms with Crippen LogP contribution in [0.3, 0.4) is 0 Å². The van der Waals surface area contributed by atoms with Crippen LogP contribution in [0.2, 0.25) is 0 Å². The fourth-order valence-corrected chi connectivity index (χ4v) is 4.39. The molecule has 0 aromatic carbocycles. The van der Waals surface area contributed by atoms with Crippen LogP contribution in [0.15, 0.2) is 0 Å². The average Bonchev–Trinajstić information content (AvgIpc) is 3.05. The number of hydrogen-bond acceptors (Lipinski definition) is 2. The van der Waals surface area contributed by atoms with Gasteiger partial charge in [-0.15, -0.1) is 0 Å². The number of carbonyl (C=O) groups is 1. The lowest BCUT2D eigenvalue weighted by Crippen LogP contribution is -2.40. The first-order valence-corrected chi connectivity index (χ1v) is 7.78. The Balaban J connectivity index is 1.69. The molecule has 2 fully saturated rings. The maximum absolute atomic E-state index is 12.5. The standard InChI is InChI=1S/C16H25N3O/c1-9(14-8-12-5-6-13(14)7-12)17-16(20)15-10(2)18-19(4)11(15)3/h9,12-14H,5-8H2,1-4H3,(H,17,20)/t9-,12+,13+,14-/m1/s1. The van der Waals surface area contributed by atoms with Gasteiger partial charge in [-0.1, -0.05) is 6.42 Å². The van der Waals surface area contributed by atoms with Crippen LogP contribution in [0.4, 0.5) is 0 Å². The van der Waals surface area contributed by atoms with E-state index in [1.54, 1.807) is 4.68 Å². The van der Waals surface area contributed by atoms with E-state index in [0.717, 1.165) is 28.8 Å². The lowest BCUT2D eigenvalue weighted by molar-refractivity contribution is 0.0914. The molecule has 1 heterocycles. The molecular weight excluding hydrogens is 250 g/mol. The van der Waals surface area contributed by atoms with Gasteiger partial charge in [-0.05, 0) is 57.8 Å². The van der Waals surface area contributed by atoms with Gasteiger partial charge >= 0.3 is 0 Å². The van der Waals surface area contributed by atoms with E-state index >= 15 is 0 Å². The summed E-state index contributed by atoms with van der Waals surface area (Å²) in [5.74, 6) is 2.48. The highest BCUT2D eigenvalue weighted by atomic mass is 16.1. The molecule has 0 saturated heterocycles. The van der Waals surface area contributed by atoms with Gasteiger partial charge in [-0.25, -0.2) is 0 Å². The molecule has 2 aliphatic carbocycles. The Morgan fingerprint density at radius 2 is 2.10 bits per heavy atom. The van der Waals surface area contributed by atoms with Crippen molar-refractivity contribution in [3.8, 4) is 0 Å². The second-order valence-electron chi connectivity index (χ2n) is 6.77. The summed E-state index contributed by atoms with van der Waals surface area (Å²) in [7, 11) is 1.89. The quantitative estimate of drug-likeness (QED) is 0.921. The molecule has 2 aliphatic rings. The number of fused-ring (bicyclic) bond motifs is 2. The van der Waals surface area contributed by atoms with E-state index in [1.165, 1.54) is 25.7 Å². The Labute approximate surface area is 120 Å². The van der Waals surface area contributed by atoms with Crippen LogP contribution < -0.4 is 5.32 Å². The number of rotatable bonds is 3. The summed E-state index contributed by atoms with van der Waals surface area (Å²) < 4.78 is 1.78. The van der Waals surface area contributed by atoms with Crippen LogP contribution in [0, 0.1) is 31.6 Å². The molecule has 0 radical (unpaired) electrons. The molecule has 0 spiro atoms. The third-order valence-electron chi connectivity index (χ3n) is 5.53. The van der Waals surface area contributed by atoms with E-state index in [2.05, 4.69) is 17.3 Å². The summed E-state index contributed by atoms with van der Waals surface area (Å²) in [5.41, 5.74) is 2.52. The molecule has 1 aromatic heterocycles. The summed E-state index contributed by atoms with van der Waals surface area (Å²) in [6.07, 6.45) is 5.45. The largest absolute Gasteiger partial charge is 0.349 e. The van der Waals surface area contributed by atoms with Gasteiger partial charge in [0, 0.05) is 18.8 Å². The molecule has 1 N–H and O–H groups in total. The number of aromatic nitrogens is 2. The second-order valence-corrected chi connectivity index (χ2v) is 6.77. The summed E-state index contributed by atoms with van der Waals surface area (Å²) >= 11 is 0. The van der Waals surface area contributed by atoms with Crippen molar-refractivity contribution in [2.24, 2.45) is 24.8 Å². The molecule has 20 heavy (non-hydrogen) atoms. The maximum Gasteiger partial charge on any atom is 0.255 e. The number of hydrogen-bond donors (Lipinski definition) is 1. The van der Waals surface area contributed by atoms with Gasteiger partial charge in [-0.2, -0.15) is 5.10 Å². The van der Waals surface area contributed by atoms with E-state index in [0.29, 0.717) is 5.92 Å². The normalized spacial score (nSPS) is 29.7. The number of aryl methyl sites for hydroxylation is 2. The van der Waals surface area contributed by atoms with Gasteiger partial charge in [0.05, 0.1) is 11.3 Å². The number of nitrogens with one attached hydrogen (secondary N) is 1. The summed E-state index contributed by atoms with van der Waals surface area (Å²) in [4.78, 5) is 12.5. The highest BCUT2D eigenvalue weighted by Crippen LogP contribution is 2.49. The Morgan fingerprint density at radius 3 is 2.60 bits per heavy atom. The summed E-state index contributed by atoms with van der Waals surface area (Å²) in [5, 5.41) is 7.56. The van der Waals surface area contributed by atoms with Crippen LogP contribution in [0.1, 0.15) is 54.4 Å². The molecule has 0 aliphatic heterocycles. The summed E-state index contributed by atoms with van der Waals surface area (Å²) in [6, 6.07) is 0.275. The van der Waals surface area contributed by atoms with Crippen molar-refractivity contribution < 1.29 is 4.79 Å². The molecule has 110 valence electrons. The first-order chi connectivity index (χ1) is 9.47. The van der Waals surface area contributed by atoms with Crippen molar-refractivity contribution in [3.63, 3.8) is 0 Å². The number of amides is 1. The van der Waals surface area contributed by atoms with Gasteiger partial charge in [0.25, 0.3) is 5.91 Å². The average molecular weight is 275 g/mol. The van der Waals surface area contributed by atoms with E-state index < -0.39 is 0 Å². The van der Waals surface area contributed by atoms with Crippen molar-refractivity contribution in [2.45, 2.75) is 52.5 Å². The smallest absolute Gasteiger partial charge is 0.255 e. The number of carbonyl (C=O) groups excluding carboxylic acids is 1. The van der Waals surface area contributed by atoms with Crippen molar-refractivity contribution in [2.75, 3.05) is 0 Å². The zero-order valence-corrected chi connectivity index (χ0v) is 12.9. The zero-order valence-electron chi connectivity index (χ0n) is 12.9. The van der Waals surface area contributed by atoms with Crippen LogP contribution in [-0.4, -0.2) is 21.7 Å². The third kappa shape index (κ3) is 2.15. The van der Waals surface area contributed by atoms with Crippen molar-refractivity contribution in [1.82, 2.24) is 15.1 Å². The lowest BCUT2D eigenvalue weighted by Gasteiger charge is -2.28. The van der Waals surface area contributed by atoms with Crippen LogP contribution >= 0.6 is 0 Å². The van der Waals surface area contributed by atoms with Crippen molar-refractivity contribution in [3.05, 3.63) is 17.0 Å². The Hall–Kier alpha value is -1.32. The first kappa shape index (κ1) is 13.7. The molecule has 0 unspecified atom stereocenters. The molecular formula is C16H25N3O. The molecule has 4 nitrogen and oxygen atoms in total. The van der Waals surface area contributed by atoms with Gasteiger partial charge in [-0.3, -0.25) is 9.48 Å². The molecule has 4 heteroatoms. The monoisotopic (exact) mass is 275 g/mol. The molecule has 2 saturated carbocycles. The molecule has 3 rings (SSSR count). The summed E-state index contributed by atoms with van der Waals surface area (Å²) in [6.45, 7) is 6.03. The van der Waals surface area contributed by atoms with Crippen LogP contribution in [0.5, 0.6) is 0 Å². The second kappa shape index (κ2) is 4.90. The van der Waals surface area contributed by atoms with Gasteiger partial charge in [0.15, 0.2) is 0 Å². The number of nitrogens with zero attached hydrogens (tertiary/aromatic N) is 2. The SMILES string of the molecule is Cc1nn(C)c(C)c1C(=O)N[C@H](C)[C@H]1C[C@H]2CC[C@H]1C2. The Kier molecular flexibility index (Phi) is 3.35. The van der Waals surface area contributed by atoms with Gasteiger partial charge in [0.1, 0.15) is 0 Å². The predicted molar refractivity (Wildman–Crippen MR) is 78.5 cm³/mol. The third-order valence-corrected chi connectivity index (χ3v) is 5.53. The Morgan fingerprint density at radius 1 is 1.35 bits per heavy atom. The lowest BCUT2D eigenvalue weighted by atomic mass is 9.84. The zero-order chi connectivity index (χ0) is 14.4. The molecule has 2 bridgehead atoms. The van der Waals surface area contributed by atoms with Crippen LogP contribution in [0.25, 0.3) is 0 Å². The topological polar surface area (TPSA) is 46.9 Å².